The summed E-state index contributed by atoms with van der Waals surface area (Å²) in [5.74, 6) is -0.184. The van der Waals surface area contributed by atoms with Crippen molar-refractivity contribution < 1.29 is 13.6 Å². The molecule has 0 atom stereocenters. The van der Waals surface area contributed by atoms with Crippen LogP contribution >= 0.6 is 15.9 Å². The van der Waals surface area contributed by atoms with Crippen LogP contribution in [0.5, 0.6) is 0 Å². The molecule has 0 aliphatic carbocycles. The minimum Gasteiger partial charge on any atom is -0.409 e. The van der Waals surface area contributed by atoms with Gasteiger partial charge in [0, 0.05) is 16.6 Å². The average Bonchev–Trinajstić information content (AvgIpc) is 2.27. The third-order valence-corrected chi connectivity index (χ3v) is 3.59. The van der Waals surface area contributed by atoms with Gasteiger partial charge in [0.15, 0.2) is 5.84 Å². The first-order chi connectivity index (χ1) is 8.39. The van der Waals surface area contributed by atoms with E-state index < -0.39 is 10.2 Å². The van der Waals surface area contributed by atoms with Gasteiger partial charge in [-0.1, -0.05) is 28.0 Å². The predicted molar refractivity (Wildman–Crippen MR) is 72.9 cm³/mol. The molecule has 9 heteroatoms. The standard InChI is InChI=1S/C9H13BrN4O3S/c1-2-12-18(16,17)14-8-5-6(10)3-4-7(8)9(11)13-15/h3-5,12,14-15H,2H2,1H3,(H2,11,13). The van der Waals surface area contributed by atoms with Crippen molar-refractivity contribution in [3.63, 3.8) is 0 Å². The van der Waals surface area contributed by atoms with Crippen molar-refractivity contribution in [1.29, 1.82) is 0 Å². The van der Waals surface area contributed by atoms with Crippen LogP contribution in [-0.2, 0) is 10.2 Å². The summed E-state index contributed by atoms with van der Waals surface area (Å²) in [5.41, 5.74) is 5.96. The molecule has 0 radical (unpaired) electrons. The van der Waals surface area contributed by atoms with Crippen molar-refractivity contribution in [2.45, 2.75) is 6.92 Å². The van der Waals surface area contributed by atoms with E-state index in [1.165, 1.54) is 12.1 Å². The van der Waals surface area contributed by atoms with E-state index in [4.69, 9.17) is 10.9 Å². The Morgan fingerprint density at radius 1 is 1.56 bits per heavy atom. The van der Waals surface area contributed by atoms with Crippen LogP contribution in [0.25, 0.3) is 0 Å². The summed E-state index contributed by atoms with van der Waals surface area (Å²) in [4.78, 5) is 0. The molecule has 0 aromatic heterocycles. The van der Waals surface area contributed by atoms with Crippen LogP contribution in [0.1, 0.15) is 12.5 Å². The van der Waals surface area contributed by atoms with E-state index in [1.807, 2.05) is 0 Å². The number of benzene rings is 1. The molecule has 0 fully saturated rings. The Kier molecular flexibility index (Phi) is 4.93. The second-order valence-corrected chi connectivity index (χ2v) is 5.69. The van der Waals surface area contributed by atoms with Crippen molar-refractivity contribution in [2.24, 2.45) is 10.9 Å². The van der Waals surface area contributed by atoms with E-state index in [2.05, 4.69) is 30.5 Å². The maximum Gasteiger partial charge on any atom is 0.299 e. The molecule has 1 rings (SSSR count). The molecule has 0 aliphatic heterocycles. The van der Waals surface area contributed by atoms with Gasteiger partial charge in [0.05, 0.1) is 5.69 Å². The van der Waals surface area contributed by atoms with Crippen LogP contribution in [0.2, 0.25) is 0 Å². The maximum atomic E-state index is 11.6. The molecular weight excluding hydrogens is 324 g/mol. The van der Waals surface area contributed by atoms with Crippen LogP contribution in [0.3, 0.4) is 0 Å². The van der Waals surface area contributed by atoms with Gasteiger partial charge in [-0.15, -0.1) is 0 Å². The van der Waals surface area contributed by atoms with Gasteiger partial charge in [-0.05, 0) is 18.2 Å². The molecule has 0 amide bonds. The number of hydrogen-bond acceptors (Lipinski definition) is 4. The topological polar surface area (TPSA) is 117 Å². The highest BCUT2D eigenvalue weighted by molar-refractivity contribution is 9.10. The van der Waals surface area contributed by atoms with Crippen LogP contribution in [0.15, 0.2) is 27.8 Å². The van der Waals surface area contributed by atoms with Crippen LogP contribution in [0, 0.1) is 0 Å². The molecule has 0 heterocycles. The highest BCUT2D eigenvalue weighted by Gasteiger charge is 2.14. The molecule has 5 N–H and O–H groups in total. The number of nitrogens with one attached hydrogen (secondary N) is 2. The summed E-state index contributed by atoms with van der Waals surface area (Å²) >= 11 is 3.22. The summed E-state index contributed by atoms with van der Waals surface area (Å²) in [5, 5.41) is 11.5. The molecule has 0 bridgehead atoms. The highest BCUT2D eigenvalue weighted by atomic mass is 79.9. The molecule has 1 aromatic carbocycles. The Hall–Kier alpha value is -1.32. The van der Waals surface area contributed by atoms with E-state index in [0.29, 0.717) is 4.47 Å². The summed E-state index contributed by atoms with van der Waals surface area (Å²) in [6, 6.07) is 4.70. The molecule has 0 aliphatic rings. The highest BCUT2D eigenvalue weighted by Crippen LogP contribution is 2.22. The Labute approximate surface area is 113 Å². The Balaban J connectivity index is 3.19. The minimum absolute atomic E-state index is 0.184. The predicted octanol–water partition coefficient (Wildman–Crippen LogP) is 0.810. The zero-order valence-electron chi connectivity index (χ0n) is 9.51. The van der Waals surface area contributed by atoms with E-state index in [0.717, 1.165) is 0 Å². The maximum absolute atomic E-state index is 11.6. The number of hydrogen-bond donors (Lipinski definition) is 4. The van der Waals surface area contributed by atoms with Crippen LogP contribution in [-0.4, -0.2) is 26.0 Å². The lowest BCUT2D eigenvalue weighted by molar-refractivity contribution is 0.318. The van der Waals surface area contributed by atoms with Crippen molar-refractivity contribution >= 4 is 37.7 Å². The third kappa shape index (κ3) is 3.86. The first-order valence-electron chi connectivity index (χ1n) is 4.94. The largest absolute Gasteiger partial charge is 0.409 e. The van der Waals surface area contributed by atoms with Crippen LogP contribution in [0.4, 0.5) is 5.69 Å². The minimum atomic E-state index is -3.68. The van der Waals surface area contributed by atoms with Gasteiger partial charge in [-0.3, -0.25) is 4.72 Å². The summed E-state index contributed by atoms with van der Waals surface area (Å²) in [7, 11) is -3.68. The summed E-state index contributed by atoms with van der Waals surface area (Å²) in [6.07, 6.45) is 0. The molecule has 0 unspecified atom stereocenters. The molecule has 18 heavy (non-hydrogen) atoms. The van der Waals surface area contributed by atoms with Gasteiger partial charge in [0.1, 0.15) is 0 Å². The fraction of sp³-hybridized carbons (Fsp3) is 0.222. The monoisotopic (exact) mass is 336 g/mol. The number of amidine groups is 1. The normalized spacial score (nSPS) is 12.4. The Morgan fingerprint density at radius 2 is 2.22 bits per heavy atom. The lowest BCUT2D eigenvalue weighted by Gasteiger charge is -2.12. The molecule has 0 spiro atoms. The van der Waals surface area contributed by atoms with Crippen LogP contribution < -0.4 is 15.2 Å². The average molecular weight is 337 g/mol. The number of nitrogens with zero attached hydrogens (tertiary/aromatic N) is 1. The third-order valence-electron chi connectivity index (χ3n) is 1.94. The fourth-order valence-electron chi connectivity index (χ4n) is 1.25. The van der Waals surface area contributed by atoms with Crippen molar-refractivity contribution in [2.75, 3.05) is 11.3 Å². The van der Waals surface area contributed by atoms with Gasteiger partial charge >= 0.3 is 0 Å². The number of rotatable bonds is 5. The fourth-order valence-corrected chi connectivity index (χ4v) is 2.52. The smallest absolute Gasteiger partial charge is 0.299 e. The Bertz CT molecular complexity index is 559. The van der Waals surface area contributed by atoms with Gasteiger partial charge in [0.25, 0.3) is 10.2 Å². The van der Waals surface area contributed by atoms with E-state index in [-0.39, 0.29) is 23.6 Å². The molecule has 0 saturated carbocycles. The molecule has 1 aromatic rings. The first kappa shape index (κ1) is 14.7. The van der Waals surface area contributed by atoms with Crippen molar-refractivity contribution in [3.8, 4) is 0 Å². The van der Waals surface area contributed by atoms with Gasteiger partial charge in [0.2, 0.25) is 0 Å². The zero-order valence-corrected chi connectivity index (χ0v) is 11.9. The number of oxime groups is 1. The first-order valence-corrected chi connectivity index (χ1v) is 7.22. The van der Waals surface area contributed by atoms with Gasteiger partial charge in [-0.2, -0.15) is 13.1 Å². The Morgan fingerprint density at radius 3 is 2.78 bits per heavy atom. The lowest BCUT2D eigenvalue weighted by Crippen LogP contribution is -2.30. The van der Waals surface area contributed by atoms with Gasteiger partial charge < -0.3 is 10.9 Å². The molecule has 100 valence electrons. The zero-order chi connectivity index (χ0) is 13.8. The second kappa shape index (κ2) is 6.03. The number of halogens is 1. The molecular formula is C9H13BrN4O3S. The lowest BCUT2D eigenvalue weighted by atomic mass is 10.2. The van der Waals surface area contributed by atoms with Crippen molar-refractivity contribution in [3.05, 3.63) is 28.2 Å². The van der Waals surface area contributed by atoms with Gasteiger partial charge in [-0.25, -0.2) is 0 Å². The summed E-state index contributed by atoms with van der Waals surface area (Å²) in [6.45, 7) is 1.91. The summed E-state index contributed by atoms with van der Waals surface area (Å²) < 4.78 is 28.4. The molecule has 0 saturated heterocycles. The number of nitrogens with two attached hydrogens (primary N) is 1. The SMILES string of the molecule is CCNS(=O)(=O)Nc1cc(Br)ccc1/C(N)=N/O. The quantitative estimate of drug-likeness (QED) is 0.275. The van der Waals surface area contributed by atoms with E-state index in [9.17, 15) is 8.42 Å². The van der Waals surface area contributed by atoms with E-state index in [1.54, 1.807) is 13.0 Å². The van der Waals surface area contributed by atoms with E-state index >= 15 is 0 Å². The van der Waals surface area contributed by atoms with Crippen molar-refractivity contribution in [1.82, 2.24) is 4.72 Å². The second-order valence-electron chi connectivity index (χ2n) is 3.28. The number of anilines is 1. The molecule has 7 nitrogen and oxygen atoms in total.